The van der Waals surface area contributed by atoms with Crippen molar-refractivity contribution in [3.8, 4) is 0 Å². The lowest BCUT2D eigenvalue weighted by molar-refractivity contribution is 0.147. The molecule has 0 fully saturated rings. The van der Waals surface area contributed by atoms with Gasteiger partial charge in [0.1, 0.15) is 5.01 Å². The fourth-order valence-electron chi connectivity index (χ4n) is 1.53. The Balaban J connectivity index is 2.77. The van der Waals surface area contributed by atoms with Crippen molar-refractivity contribution in [2.45, 2.75) is 33.2 Å². The van der Waals surface area contributed by atoms with Crippen molar-refractivity contribution in [1.29, 1.82) is 0 Å². The molecule has 3 nitrogen and oxygen atoms in total. The van der Waals surface area contributed by atoms with Gasteiger partial charge in [-0.2, -0.15) is 0 Å². The van der Waals surface area contributed by atoms with Crippen LogP contribution in [0.2, 0.25) is 0 Å². The first-order valence-electron chi connectivity index (χ1n) is 5.30. The number of rotatable bonds is 5. The van der Waals surface area contributed by atoms with Gasteiger partial charge in [-0.1, -0.05) is 13.8 Å². The summed E-state index contributed by atoms with van der Waals surface area (Å²) in [5, 5.41) is 1.04. The summed E-state index contributed by atoms with van der Waals surface area (Å²) in [6.45, 7) is 7.00. The molecule has 0 amide bonds. The molecular formula is C11H20N2OS. The Bertz CT molecular complexity index is 312. The van der Waals surface area contributed by atoms with Crippen LogP contribution in [0.3, 0.4) is 0 Å². The average molecular weight is 228 g/mol. The third-order valence-corrected chi connectivity index (χ3v) is 3.69. The molecule has 0 aliphatic rings. The Morgan fingerprint density at radius 1 is 1.53 bits per heavy atom. The third kappa shape index (κ3) is 3.00. The summed E-state index contributed by atoms with van der Waals surface area (Å²) in [5.41, 5.74) is 7.31. The summed E-state index contributed by atoms with van der Waals surface area (Å²) < 4.78 is 5.11. The Morgan fingerprint density at radius 2 is 2.20 bits per heavy atom. The Kier molecular flexibility index (Phi) is 4.70. The van der Waals surface area contributed by atoms with E-state index in [9.17, 15) is 0 Å². The van der Waals surface area contributed by atoms with Crippen LogP contribution in [0, 0.1) is 12.8 Å². The largest absolute Gasteiger partial charge is 0.384 e. The summed E-state index contributed by atoms with van der Waals surface area (Å²) >= 11 is 1.71. The van der Waals surface area contributed by atoms with Gasteiger partial charge in [0.2, 0.25) is 0 Å². The maximum atomic E-state index is 6.13. The monoisotopic (exact) mass is 228 g/mol. The van der Waals surface area contributed by atoms with Gasteiger partial charge in [0, 0.05) is 17.9 Å². The first-order chi connectivity index (χ1) is 7.10. The first-order valence-corrected chi connectivity index (χ1v) is 6.12. The zero-order valence-corrected chi connectivity index (χ0v) is 10.7. The fourth-order valence-corrected chi connectivity index (χ4v) is 2.68. The molecule has 0 aliphatic heterocycles. The van der Waals surface area contributed by atoms with Gasteiger partial charge in [0.15, 0.2) is 0 Å². The highest BCUT2D eigenvalue weighted by Gasteiger charge is 2.19. The zero-order chi connectivity index (χ0) is 11.4. The lowest BCUT2D eigenvalue weighted by atomic mass is 10.1. The summed E-state index contributed by atoms with van der Waals surface area (Å²) in [6.07, 6.45) is 0.980. The van der Waals surface area contributed by atoms with E-state index in [4.69, 9.17) is 10.5 Å². The zero-order valence-electron chi connectivity index (χ0n) is 9.91. The maximum Gasteiger partial charge on any atom is 0.110 e. The first kappa shape index (κ1) is 12.6. The Hall–Kier alpha value is -0.450. The smallest absolute Gasteiger partial charge is 0.110 e. The molecule has 86 valence electrons. The van der Waals surface area contributed by atoms with Crippen LogP contribution in [0.15, 0.2) is 0 Å². The minimum absolute atomic E-state index is 0.00560. The topological polar surface area (TPSA) is 48.1 Å². The highest BCUT2D eigenvalue weighted by molar-refractivity contribution is 7.11. The van der Waals surface area contributed by atoms with Gasteiger partial charge in [0.25, 0.3) is 0 Å². The minimum atomic E-state index is -0.00560. The molecular weight excluding hydrogens is 208 g/mol. The molecule has 1 aromatic heterocycles. The van der Waals surface area contributed by atoms with Crippen LogP contribution >= 0.6 is 11.3 Å². The van der Waals surface area contributed by atoms with Crippen LogP contribution in [0.1, 0.15) is 35.5 Å². The molecule has 1 heterocycles. The van der Waals surface area contributed by atoms with Gasteiger partial charge in [0.05, 0.1) is 18.3 Å². The number of nitrogens with two attached hydrogens (primary N) is 1. The molecule has 15 heavy (non-hydrogen) atoms. The fraction of sp³-hybridized carbons (Fsp3) is 0.727. The molecule has 0 bridgehead atoms. The number of thiazole rings is 1. The number of aryl methyl sites for hydroxylation is 2. The maximum absolute atomic E-state index is 6.13. The van der Waals surface area contributed by atoms with Gasteiger partial charge >= 0.3 is 0 Å². The molecule has 1 rings (SSSR count). The predicted octanol–water partition coefficient (Wildman–Crippen LogP) is 2.30. The lowest BCUT2D eigenvalue weighted by Crippen LogP contribution is -2.22. The number of methoxy groups -OCH3 is 1. The molecule has 0 saturated carbocycles. The van der Waals surface area contributed by atoms with E-state index in [1.165, 1.54) is 10.6 Å². The van der Waals surface area contributed by atoms with Crippen molar-refractivity contribution < 1.29 is 4.74 Å². The SMILES string of the molecule is CCc1nc(C(N)C(C)COC)sc1C. The molecule has 2 atom stereocenters. The van der Waals surface area contributed by atoms with E-state index >= 15 is 0 Å². The number of hydrogen-bond donors (Lipinski definition) is 1. The molecule has 2 N–H and O–H groups in total. The van der Waals surface area contributed by atoms with Crippen molar-refractivity contribution in [3.05, 3.63) is 15.6 Å². The van der Waals surface area contributed by atoms with Crippen molar-refractivity contribution >= 4 is 11.3 Å². The molecule has 0 spiro atoms. The summed E-state index contributed by atoms with van der Waals surface area (Å²) in [6, 6.07) is -0.00560. The molecule has 0 radical (unpaired) electrons. The standard InChI is InChI=1S/C11H20N2OS/c1-5-9-8(3)15-11(13-9)10(12)7(2)6-14-4/h7,10H,5-6,12H2,1-4H3. The van der Waals surface area contributed by atoms with Crippen molar-refractivity contribution in [2.24, 2.45) is 11.7 Å². The number of nitrogens with zero attached hydrogens (tertiary/aromatic N) is 1. The van der Waals surface area contributed by atoms with Crippen LogP contribution < -0.4 is 5.73 Å². The van der Waals surface area contributed by atoms with Gasteiger partial charge in [-0.3, -0.25) is 0 Å². The highest BCUT2D eigenvalue weighted by Crippen LogP contribution is 2.26. The molecule has 0 aromatic carbocycles. The minimum Gasteiger partial charge on any atom is -0.384 e. The number of hydrogen-bond acceptors (Lipinski definition) is 4. The Morgan fingerprint density at radius 3 is 2.67 bits per heavy atom. The van der Waals surface area contributed by atoms with Crippen molar-refractivity contribution in [2.75, 3.05) is 13.7 Å². The predicted molar refractivity (Wildman–Crippen MR) is 64.2 cm³/mol. The van der Waals surface area contributed by atoms with E-state index in [0.717, 1.165) is 11.4 Å². The normalized spacial score (nSPS) is 15.3. The number of aromatic nitrogens is 1. The second-order valence-electron chi connectivity index (χ2n) is 3.87. The Labute approximate surface area is 95.7 Å². The van der Waals surface area contributed by atoms with Crippen LogP contribution in [0.4, 0.5) is 0 Å². The molecule has 0 aliphatic carbocycles. The van der Waals surface area contributed by atoms with Gasteiger partial charge < -0.3 is 10.5 Å². The molecule has 2 unspecified atom stereocenters. The summed E-state index contributed by atoms with van der Waals surface area (Å²) in [5.74, 6) is 0.310. The molecule has 4 heteroatoms. The van der Waals surface area contributed by atoms with Crippen LogP contribution in [-0.2, 0) is 11.2 Å². The van der Waals surface area contributed by atoms with Crippen molar-refractivity contribution in [1.82, 2.24) is 4.98 Å². The third-order valence-electron chi connectivity index (χ3n) is 2.57. The second kappa shape index (κ2) is 5.58. The van der Waals surface area contributed by atoms with Crippen LogP contribution in [0.25, 0.3) is 0 Å². The van der Waals surface area contributed by atoms with E-state index in [1.54, 1.807) is 18.4 Å². The quantitative estimate of drug-likeness (QED) is 0.841. The lowest BCUT2D eigenvalue weighted by Gasteiger charge is -2.16. The molecule has 0 saturated heterocycles. The van der Waals surface area contributed by atoms with E-state index in [2.05, 4.69) is 25.8 Å². The van der Waals surface area contributed by atoms with E-state index in [-0.39, 0.29) is 6.04 Å². The van der Waals surface area contributed by atoms with Gasteiger partial charge in [-0.15, -0.1) is 11.3 Å². The van der Waals surface area contributed by atoms with E-state index in [0.29, 0.717) is 12.5 Å². The van der Waals surface area contributed by atoms with E-state index in [1.807, 2.05) is 0 Å². The van der Waals surface area contributed by atoms with Crippen LogP contribution in [0.5, 0.6) is 0 Å². The average Bonchev–Trinajstić information content (AvgIpc) is 2.59. The number of ether oxygens (including phenoxy) is 1. The van der Waals surface area contributed by atoms with Crippen molar-refractivity contribution in [3.63, 3.8) is 0 Å². The second-order valence-corrected chi connectivity index (χ2v) is 5.10. The van der Waals surface area contributed by atoms with E-state index < -0.39 is 0 Å². The highest BCUT2D eigenvalue weighted by atomic mass is 32.1. The molecule has 1 aromatic rings. The summed E-state index contributed by atoms with van der Waals surface area (Å²) in [7, 11) is 1.70. The van der Waals surface area contributed by atoms with Gasteiger partial charge in [-0.05, 0) is 13.3 Å². The van der Waals surface area contributed by atoms with Gasteiger partial charge in [-0.25, -0.2) is 4.98 Å². The van der Waals surface area contributed by atoms with Crippen LogP contribution in [-0.4, -0.2) is 18.7 Å². The summed E-state index contributed by atoms with van der Waals surface area (Å²) in [4.78, 5) is 5.85.